The molecule has 45 heavy (non-hydrogen) atoms. The Bertz CT molecular complexity index is 1500. The molecule has 2 aliphatic heterocycles. The van der Waals surface area contributed by atoms with Crippen molar-refractivity contribution in [3.05, 3.63) is 23.9 Å². The van der Waals surface area contributed by atoms with Crippen LogP contribution in [0.4, 0.5) is 0 Å². The van der Waals surface area contributed by atoms with Crippen molar-refractivity contribution in [2.24, 2.45) is 35.0 Å². The lowest BCUT2D eigenvalue weighted by atomic mass is 9.77. The molecule has 4 fully saturated rings. The van der Waals surface area contributed by atoms with Gasteiger partial charge in [-0.05, 0) is 73.8 Å². The minimum atomic E-state index is -0.663. The van der Waals surface area contributed by atoms with Gasteiger partial charge in [0.15, 0.2) is 0 Å². The van der Waals surface area contributed by atoms with Gasteiger partial charge in [-0.1, -0.05) is 40.5 Å². The number of hydrogen-bond donors (Lipinski definition) is 0. The Morgan fingerprint density at radius 3 is 2.51 bits per heavy atom. The van der Waals surface area contributed by atoms with Gasteiger partial charge in [-0.15, -0.1) is 0 Å². The van der Waals surface area contributed by atoms with Crippen LogP contribution in [0.15, 0.2) is 18.2 Å². The molecule has 5 aliphatic rings. The number of carbonyl (C=O) groups is 3. The molecule has 3 aliphatic carbocycles. The Morgan fingerprint density at radius 2 is 1.80 bits per heavy atom. The van der Waals surface area contributed by atoms with Crippen LogP contribution in [0.3, 0.4) is 0 Å². The quantitative estimate of drug-likeness (QED) is 0.314. The number of ether oxygens (including phenoxy) is 3. The normalized spacial score (nSPS) is 34.6. The fourth-order valence-electron chi connectivity index (χ4n) is 8.58. The second-order valence-corrected chi connectivity index (χ2v) is 15.6. The van der Waals surface area contributed by atoms with E-state index in [-0.39, 0.29) is 42.3 Å². The predicted octanol–water partition coefficient (Wildman–Crippen LogP) is 5.66. The maximum absolute atomic E-state index is 14.3. The van der Waals surface area contributed by atoms with Crippen molar-refractivity contribution in [1.29, 1.82) is 0 Å². The number of benzene rings is 1. The van der Waals surface area contributed by atoms with Gasteiger partial charge in [-0.3, -0.25) is 9.59 Å². The average molecular weight is 618 g/mol. The van der Waals surface area contributed by atoms with E-state index >= 15 is 0 Å². The van der Waals surface area contributed by atoms with Crippen LogP contribution in [0.5, 0.6) is 11.6 Å². The van der Waals surface area contributed by atoms with Crippen LogP contribution in [0.2, 0.25) is 0 Å². The first-order chi connectivity index (χ1) is 21.5. The van der Waals surface area contributed by atoms with E-state index in [1.54, 1.807) is 12.0 Å². The summed E-state index contributed by atoms with van der Waals surface area (Å²) < 4.78 is 18.4. The highest BCUT2D eigenvalue weighted by atomic mass is 16.5. The third-order valence-corrected chi connectivity index (χ3v) is 11.7. The predicted molar refractivity (Wildman–Crippen MR) is 168 cm³/mol. The van der Waals surface area contributed by atoms with E-state index in [9.17, 15) is 14.4 Å². The summed E-state index contributed by atoms with van der Waals surface area (Å²) in [5.74, 6) is 1.52. The number of aldehydes is 1. The van der Waals surface area contributed by atoms with Gasteiger partial charge in [0.2, 0.25) is 11.8 Å². The molecular weight excluding hydrogens is 570 g/mol. The van der Waals surface area contributed by atoms with Crippen molar-refractivity contribution in [2.75, 3.05) is 13.7 Å². The van der Waals surface area contributed by atoms with Crippen molar-refractivity contribution in [3.63, 3.8) is 0 Å². The first-order valence-electron chi connectivity index (χ1n) is 17.0. The maximum atomic E-state index is 14.3. The molecule has 7 rings (SSSR count). The van der Waals surface area contributed by atoms with Crippen molar-refractivity contribution in [3.8, 4) is 11.6 Å². The molecule has 1 amide bonds. The molecule has 0 radical (unpaired) electrons. The van der Waals surface area contributed by atoms with Crippen LogP contribution in [-0.4, -0.2) is 64.9 Å². The van der Waals surface area contributed by atoms with Crippen LogP contribution in [0, 0.1) is 35.0 Å². The summed E-state index contributed by atoms with van der Waals surface area (Å²) in [6, 6.07) is 5.06. The maximum Gasteiger partial charge on any atom is 0.306 e. The van der Waals surface area contributed by atoms with Crippen LogP contribution in [0.25, 0.3) is 11.0 Å². The highest BCUT2D eigenvalue weighted by Crippen LogP contribution is 2.59. The Hall–Kier alpha value is -3.23. The Balaban J connectivity index is 1.27. The third-order valence-electron chi connectivity index (χ3n) is 11.7. The first-order valence-corrected chi connectivity index (χ1v) is 17.0. The zero-order valence-electron chi connectivity index (χ0n) is 27.3. The standard InChI is InChI=1S/C36H47N3O6/c1-20-28(19-40)39-18-30(20)45-33-32(37-26-10-9-22(43-5)16-27(26)38-33)36(12-13-36)11-7-6-8-23-24-14-21(24)15-29(23)44-31(41)17-25(34(39)42)35(2,3)4/h9-10,16,19-21,23-25,28-30H,6-8,11-15,17-18H2,1-5H3/t20-,21?,23+,24?,25+,28+,29+,30-/m0/s1. The van der Waals surface area contributed by atoms with Gasteiger partial charge in [0, 0.05) is 17.4 Å². The molecule has 1 aromatic carbocycles. The molecule has 2 unspecified atom stereocenters. The molecule has 9 nitrogen and oxygen atoms in total. The molecule has 2 bridgehead atoms. The van der Waals surface area contributed by atoms with E-state index in [1.165, 1.54) is 6.42 Å². The fourth-order valence-corrected chi connectivity index (χ4v) is 8.58. The number of carbonyl (C=O) groups excluding carboxylic acids is 3. The van der Waals surface area contributed by atoms with Crippen molar-refractivity contribution in [1.82, 2.24) is 14.9 Å². The number of hydrogen-bond acceptors (Lipinski definition) is 8. The Morgan fingerprint density at radius 1 is 1.00 bits per heavy atom. The van der Waals surface area contributed by atoms with Crippen molar-refractivity contribution in [2.45, 2.75) is 109 Å². The van der Waals surface area contributed by atoms with E-state index in [0.29, 0.717) is 34.9 Å². The molecule has 2 aromatic rings. The number of rotatable bonds is 2. The summed E-state index contributed by atoms with van der Waals surface area (Å²) in [5.41, 5.74) is 1.79. The van der Waals surface area contributed by atoms with E-state index in [1.807, 2.05) is 45.9 Å². The summed E-state index contributed by atoms with van der Waals surface area (Å²) in [7, 11) is 1.63. The summed E-state index contributed by atoms with van der Waals surface area (Å²) in [6.45, 7) is 8.13. The van der Waals surface area contributed by atoms with Gasteiger partial charge in [0.05, 0.1) is 43.1 Å². The molecule has 1 aromatic heterocycles. The van der Waals surface area contributed by atoms with Crippen LogP contribution in [0.1, 0.15) is 91.2 Å². The minimum absolute atomic E-state index is 0.00746. The Kier molecular flexibility index (Phi) is 7.59. The molecule has 3 saturated carbocycles. The lowest BCUT2D eigenvalue weighted by Crippen LogP contribution is -2.46. The molecule has 242 valence electrons. The number of fused-ring (bicyclic) bond motifs is 8. The SMILES string of the molecule is COc1ccc2nc3c(nc2c1)O[C@H]1CN(C(=O)[C@H](C(C)(C)C)CC(=O)O[C@@H]2CC4CC4[C@H]2CCCCC32CC2)[C@H](C=O)[C@@H]1C. The second kappa shape index (κ2) is 11.2. The topological polar surface area (TPSA) is 108 Å². The van der Waals surface area contributed by atoms with Gasteiger partial charge >= 0.3 is 5.97 Å². The highest BCUT2D eigenvalue weighted by molar-refractivity contribution is 5.87. The summed E-state index contributed by atoms with van der Waals surface area (Å²) >= 11 is 0. The molecule has 1 saturated heterocycles. The summed E-state index contributed by atoms with van der Waals surface area (Å²) in [4.78, 5) is 52.0. The number of methoxy groups -OCH3 is 1. The number of aromatic nitrogens is 2. The number of nitrogens with zero attached hydrogens (tertiary/aromatic N) is 3. The summed E-state index contributed by atoms with van der Waals surface area (Å²) in [6.07, 6.45) is 8.79. The van der Waals surface area contributed by atoms with Gasteiger partial charge in [0.25, 0.3) is 0 Å². The highest BCUT2D eigenvalue weighted by Gasteiger charge is 2.55. The van der Waals surface area contributed by atoms with Gasteiger partial charge < -0.3 is 23.9 Å². The minimum Gasteiger partial charge on any atom is -0.497 e. The molecular formula is C36H47N3O6. The number of esters is 1. The smallest absolute Gasteiger partial charge is 0.306 e. The van der Waals surface area contributed by atoms with Gasteiger partial charge in [-0.2, -0.15) is 0 Å². The molecule has 8 atom stereocenters. The molecule has 9 heteroatoms. The van der Waals surface area contributed by atoms with Crippen molar-refractivity contribution >= 4 is 29.2 Å². The zero-order valence-corrected chi connectivity index (χ0v) is 27.3. The van der Waals surface area contributed by atoms with Crippen LogP contribution < -0.4 is 9.47 Å². The molecule has 1 spiro atoms. The zero-order chi connectivity index (χ0) is 31.7. The first kappa shape index (κ1) is 30.4. The third kappa shape index (κ3) is 5.58. The van der Waals surface area contributed by atoms with Crippen LogP contribution in [-0.2, 0) is 24.5 Å². The summed E-state index contributed by atoms with van der Waals surface area (Å²) in [5, 5.41) is 0. The molecule has 3 heterocycles. The van der Waals surface area contributed by atoms with E-state index in [4.69, 9.17) is 24.2 Å². The van der Waals surface area contributed by atoms with Gasteiger partial charge in [0.1, 0.15) is 29.9 Å². The average Bonchev–Trinajstić information content (AvgIpc) is 3.91. The second-order valence-electron chi connectivity index (χ2n) is 15.6. The van der Waals surface area contributed by atoms with E-state index in [0.717, 1.165) is 62.4 Å². The lowest BCUT2D eigenvalue weighted by molar-refractivity contribution is -0.158. The van der Waals surface area contributed by atoms with Crippen LogP contribution >= 0.6 is 0 Å². The lowest BCUT2D eigenvalue weighted by Gasteiger charge is -2.34. The van der Waals surface area contributed by atoms with Crippen molar-refractivity contribution < 1.29 is 28.6 Å². The largest absolute Gasteiger partial charge is 0.497 e. The van der Waals surface area contributed by atoms with Gasteiger partial charge in [-0.25, -0.2) is 9.97 Å². The Labute approximate surface area is 265 Å². The fraction of sp³-hybridized carbons (Fsp3) is 0.694. The van der Waals surface area contributed by atoms with E-state index in [2.05, 4.69) is 0 Å². The molecule has 0 N–H and O–H groups in total. The number of amides is 1. The monoisotopic (exact) mass is 617 g/mol. The van der Waals surface area contributed by atoms with E-state index < -0.39 is 23.5 Å².